The molecule has 2 amide bonds. The number of sulfone groups is 1. The van der Waals surface area contributed by atoms with Gasteiger partial charge in [-0.25, -0.2) is 28.4 Å². The zero-order chi connectivity index (χ0) is 29.9. The van der Waals surface area contributed by atoms with Crippen LogP contribution in [-0.4, -0.2) is 53.0 Å². The summed E-state index contributed by atoms with van der Waals surface area (Å²) in [7, 11) is -3.34. The topological polar surface area (TPSA) is 128 Å². The first kappa shape index (κ1) is 30.8. The second kappa shape index (κ2) is 11.8. The van der Waals surface area contributed by atoms with Crippen molar-refractivity contribution in [1.82, 2.24) is 20.4 Å². The van der Waals surface area contributed by atoms with Crippen LogP contribution in [0.15, 0.2) is 59.8 Å². The number of hydrogen-bond donors (Lipinski definition) is 1. The summed E-state index contributed by atoms with van der Waals surface area (Å²) >= 11 is 6.23. The summed E-state index contributed by atoms with van der Waals surface area (Å²) in [6.45, 7) is 10.2. The Morgan fingerprint density at radius 2 is 1.50 bits per heavy atom. The maximum absolute atomic E-state index is 12.8. The van der Waals surface area contributed by atoms with E-state index in [2.05, 4.69) is 15.4 Å². The van der Waals surface area contributed by atoms with Crippen LogP contribution in [0.2, 0.25) is 5.02 Å². The maximum atomic E-state index is 12.8. The highest BCUT2D eigenvalue weighted by atomic mass is 35.5. The van der Waals surface area contributed by atoms with Crippen LogP contribution in [0.1, 0.15) is 47.2 Å². The van der Waals surface area contributed by atoms with Gasteiger partial charge in [-0.05, 0) is 77.4 Å². The van der Waals surface area contributed by atoms with Gasteiger partial charge in [-0.3, -0.25) is 9.97 Å². The molecule has 0 aliphatic rings. The first-order valence-corrected chi connectivity index (χ1v) is 14.6. The number of benzene rings is 1. The second-order valence-electron chi connectivity index (χ2n) is 11.1. The summed E-state index contributed by atoms with van der Waals surface area (Å²) in [4.78, 5) is 34.4. The number of carbonyl (C=O) groups excluding carboxylic acids is 2. The lowest BCUT2D eigenvalue weighted by Crippen LogP contribution is -2.49. The van der Waals surface area contributed by atoms with E-state index in [-0.39, 0.29) is 11.4 Å². The lowest BCUT2D eigenvalue weighted by Gasteiger charge is -2.28. The van der Waals surface area contributed by atoms with E-state index in [1.165, 1.54) is 18.3 Å². The highest BCUT2D eigenvalue weighted by molar-refractivity contribution is 7.90. The van der Waals surface area contributed by atoms with Gasteiger partial charge in [0.2, 0.25) is 0 Å². The Morgan fingerprint density at radius 3 is 2.02 bits per heavy atom. The van der Waals surface area contributed by atoms with Gasteiger partial charge in [-0.15, -0.1) is 0 Å². The monoisotopic (exact) mass is 588 g/mol. The Bertz CT molecular complexity index is 1480. The SMILES string of the molecule is CC(C)(C)OC(=O)NN(Cc1ccc(-c2ncc(Cl)cc2-c2ccc(S(C)(=O)=O)cc2)cn1)C(=O)OC(C)(C)C. The van der Waals surface area contributed by atoms with Gasteiger partial charge >= 0.3 is 12.2 Å². The third-order valence-corrected chi connectivity index (χ3v) is 6.44. The number of nitrogens with one attached hydrogen (secondary N) is 1. The molecule has 0 unspecified atom stereocenters. The fourth-order valence-corrected chi connectivity index (χ4v) is 4.26. The Morgan fingerprint density at radius 1 is 0.900 bits per heavy atom. The third kappa shape index (κ3) is 8.92. The highest BCUT2D eigenvalue weighted by Crippen LogP contribution is 2.33. The van der Waals surface area contributed by atoms with Gasteiger partial charge in [0.15, 0.2) is 9.84 Å². The van der Waals surface area contributed by atoms with Gasteiger partial charge in [0, 0.05) is 29.8 Å². The fourth-order valence-electron chi connectivity index (χ4n) is 3.47. The molecular weight excluding hydrogens is 556 g/mol. The van der Waals surface area contributed by atoms with Crippen LogP contribution in [-0.2, 0) is 25.9 Å². The molecule has 3 rings (SSSR count). The van der Waals surface area contributed by atoms with Crippen LogP contribution >= 0.6 is 11.6 Å². The number of pyridine rings is 2. The van der Waals surface area contributed by atoms with Crippen molar-refractivity contribution >= 4 is 33.6 Å². The number of nitrogens with zero attached hydrogens (tertiary/aromatic N) is 3. The number of rotatable bonds is 5. The molecule has 2 aromatic heterocycles. The predicted octanol–water partition coefficient (Wildman–Crippen LogP) is 6.04. The normalized spacial score (nSPS) is 12.0. The van der Waals surface area contributed by atoms with E-state index in [0.29, 0.717) is 27.5 Å². The van der Waals surface area contributed by atoms with Crippen molar-refractivity contribution in [2.75, 3.05) is 6.26 Å². The molecule has 1 N–H and O–H groups in total. The van der Waals surface area contributed by atoms with Gasteiger partial charge in [-0.2, -0.15) is 0 Å². The fraction of sp³-hybridized carbons (Fsp3) is 0.357. The predicted molar refractivity (Wildman–Crippen MR) is 152 cm³/mol. The largest absolute Gasteiger partial charge is 0.443 e. The quantitative estimate of drug-likeness (QED) is 0.357. The van der Waals surface area contributed by atoms with Gasteiger partial charge in [0.25, 0.3) is 0 Å². The van der Waals surface area contributed by atoms with E-state index in [1.807, 2.05) is 0 Å². The molecular formula is C28H33ClN4O6S. The van der Waals surface area contributed by atoms with Crippen molar-refractivity contribution in [2.45, 2.75) is 64.2 Å². The number of aromatic nitrogens is 2. The summed E-state index contributed by atoms with van der Waals surface area (Å²) < 4.78 is 34.4. The molecule has 0 aliphatic carbocycles. The van der Waals surface area contributed by atoms with Crippen LogP contribution < -0.4 is 5.43 Å². The molecule has 0 bridgehead atoms. The highest BCUT2D eigenvalue weighted by Gasteiger charge is 2.26. The Balaban J connectivity index is 1.89. The van der Waals surface area contributed by atoms with Gasteiger partial charge in [0.05, 0.1) is 27.9 Å². The molecule has 10 nitrogen and oxygen atoms in total. The van der Waals surface area contributed by atoms with Crippen molar-refractivity contribution in [3.05, 3.63) is 65.6 Å². The van der Waals surface area contributed by atoms with E-state index in [0.717, 1.165) is 16.8 Å². The van der Waals surface area contributed by atoms with Crippen molar-refractivity contribution in [2.24, 2.45) is 0 Å². The van der Waals surface area contributed by atoms with Crippen LogP contribution in [0.3, 0.4) is 0 Å². The number of hydrogen-bond acceptors (Lipinski definition) is 8. The van der Waals surface area contributed by atoms with Gasteiger partial charge in [-0.1, -0.05) is 23.7 Å². The molecule has 2 heterocycles. The molecule has 12 heteroatoms. The van der Waals surface area contributed by atoms with Crippen LogP contribution in [0, 0.1) is 0 Å². The molecule has 40 heavy (non-hydrogen) atoms. The molecule has 0 aliphatic heterocycles. The maximum Gasteiger partial charge on any atom is 0.429 e. The standard InChI is InChI=1S/C28H33ClN4O6S/c1-27(2,3)38-25(34)32-33(26(35)39-28(4,5)6)17-21-11-8-19(15-30-21)24-23(14-20(29)16-31-24)18-9-12-22(13-10-18)40(7,36)37/h8-16H,17H2,1-7H3,(H,32,34). The van der Waals surface area contributed by atoms with Crippen molar-refractivity contribution in [1.29, 1.82) is 0 Å². The Labute approximate surface area is 239 Å². The minimum atomic E-state index is -3.34. The van der Waals surface area contributed by atoms with E-state index in [1.54, 1.807) is 78.1 Å². The molecule has 0 saturated heterocycles. The third-order valence-electron chi connectivity index (χ3n) is 5.11. The Hall–Kier alpha value is -3.70. The van der Waals surface area contributed by atoms with Gasteiger partial charge in [0.1, 0.15) is 11.2 Å². The molecule has 0 atom stereocenters. The first-order valence-electron chi connectivity index (χ1n) is 12.3. The lowest BCUT2D eigenvalue weighted by atomic mass is 10.0. The van der Waals surface area contributed by atoms with E-state index < -0.39 is 33.2 Å². The number of halogens is 1. The molecule has 0 spiro atoms. The average Bonchev–Trinajstić information content (AvgIpc) is 2.81. The minimum absolute atomic E-state index is 0.0949. The lowest BCUT2D eigenvalue weighted by molar-refractivity contribution is -0.000921. The van der Waals surface area contributed by atoms with E-state index in [4.69, 9.17) is 21.1 Å². The molecule has 0 fully saturated rings. The summed E-state index contributed by atoms with van der Waals surface area (Å²) in [5.41, 5.74) is 3.97. The summed E-state index contributed by atoms with van der Waals surface area (Å²) in [5.74, 6) is 0. The molecule has 3 aromatic rings. The number of carbonyl (C=O) groups is 2. The minimum Gasteiger partial charge on any atom is -0.443 e. The van der Waals surface area contributed by atoms with Crippen molar-refractivity contribution in [3.63, 3.8) is 0 Å². The van der Waals surface area contributed by atoms with E-state index >= 15 is 0 Å². The van der Waals surface area contributed by atoms with Crippen LogP contribution in [0.25, 0.3) is 22.4 Å². The molecule has 214 valence electrons. The van der Waals surface area contributed by atoms with E-state index in [9.17, 15) is 18.0 Å². The van der Waals surface area contributed by atoms with Crippen LogP contribution in [0.4, 0.5) is 9.59 Å². The number of hydrazine groups is 1. The first-order chi connectivity index (χ1) is 18.4. The molecule has 0 saturated carbocycles. The molecule has 1 aromatic carbocycles. The summed E-state index contributed by atoms with van der Waals surface area (Å²) in [5, 5.41) is 1.41. The van der Waals surface area contributed by atoms with Crippen molar-refractivity contribution < 1.29 is 27.5 Å². The average molecular weight is 589 g/mol. The van der Waals surface area contributed by atoms with Crippen LogP contribution in [0.5, 0.6) is 0 Å². The summed E-state index contributed by atoms with van der Waals surface area (Å²) in [6.07, 6.45) is 2.65. The summed E-state index contributed by atoms with van der Waals surface area (Å²) in [6, 6.07) is 11.6. The number of ether oxygens (including phenoxy) is 2. The zero-order valence-electron chi connectivity index (χ0n) is 23.5. The van der Waals surface area contributed by atoms with Gasteiger partial charge < -0.3 is 9.47 Å². The smallest absolute Gasteiger partial charge is 0.429 e. The zero-order valence-corrected chi connectivity index (χ0v) is 25.1. The second-order valence-corrected chi connectivity index (χ2v) is 13.5. The Kier molecular flexibility index (Phi) is 9.10. The van der Waals surface area contributed by atoms with Crippen molar-refractivity contribution in [3.8, 4) is 22.4 Å². The molecule has 0 radical (unpaired) electrons. The number of amides is 2.